The van der Waals surface area contributed by atoms with E-state index >= 15 is 0 Å². The summed E-state index contributed by atoms with van der Waals surface area (Å²) in [5.74, 6) is 0.670. The molecule has 22 heavy (non-hydrogen) atoms. The standard InChI is InChI=1S/C14H11ClN6S/c15-14-20-12(11-13(21-14)22-7-19-11)17-5-3-8-6-18-9-2-1-4-16-10(8)9/h1-2,4,6-7,18H,3,5H2,(H,17,20,21). The third-order valence-electron chi connectivity index (χ3n) is 3.37. The van der Waals surface area contributed by atoms with Crippen molar-refractivity contribution in [2.75, 3.05) is 11.9 Å². The lowest BCUT2D eigenvalue weighted by Gasteiger charge is -2.05. The molecule has 0 saturated heterocycles. The van der Waals surface area contributed by atoms with Crippen LogP contribution in [0, 0.1) is 0 Å². The van der Waals surface area contributed by atoms with Gasteiger partial charge in [-0.05, 0) is 35.7 Å². The molecule has 4 aromatic rings. The summed E-state index contributed by atoms with van der Waals surface area (Å²) in [7, 11) is 0. The van der Waals surface area contributed by atoms with Gasteiger partial charge in [0.25, 0.3) is 0 Å². The Kier molecular flexibility index (Phi) is 3.36. The average Bonchev–Trinajstić information content (AvgIpc) is 3.14. The van der Waals surface area contributed by atoms with Crippen LogP contribution in [0.2, 0.25) is 5.28 Å². The van der Waals surface area contributed by atoms with E-state index < -0.39 is 0 Å². The monoisotopic (exact) mass is 330 g/mol. The maximum Gasteiger partial charge on any atom is 0.225 e. The Morgan fingerprint density at radius 2 is 2.18 bits per heavy atom. The van der Waals surface area contributed by atoms with Gasteiger partial charge in [-0.3, -0.25) is 4.98 Å². The zero-order valence-electron chi connectivity index (χ0n) is 11.4. The van der Waals surface area contributed by atoms with E-state index in [1.165, 1.54) is 11.3 Å². The van der Waals surface area contributed by atoms with Gasteiger partial charge in [-0.2, -0.15) is 4.98 Å². The molecule has 0 bridgehead atoms. The van der Waals surface area contributed by atoms with E-state index in [4.69, 9.17) is 11.6 Å². The maximum atomic E-state index is 5.94. The summed E-state index contributed by atoms with van der Waals surface area (Å²) in [6, 6.07) is 3.94. The van der Waals surface area contributed by atoms with Crippen molar-refractivity contribution < 1.29 is 0 Å². The molecule has 0 amide bonds. The van der Waals surface area contributed by atoms with Crippen molar-refractivity contribution in [3.63, 3.8) is 0 Å². The molecule has 8 heteroatoms. The molecule has 0 aliphatic rings. The quantitative estimate of drug-likeness (QED) is 0.561. The molecule has 0 aromatic carbocycles. The van der Waals surface area contributed by atoms with E-state index in [2.05, 4.69) is 30.2 Å². The van der Waals surface area contributed by atoms with Gasteiger partial charge in [0.2, 0.25) is 5.28 Å². The lowest BCUT2D eigenvalue weighted by Crippen LogP contribution is -2.07. The van der Waals surface area contributed by atoms with Crippen LogP contribution in [0.4, 0.5) is 5.82 Å². The summed E-state index contributed by atoms with van der Waals surface area (Å²) in [4.78, 5) is 21.1. The Labute approximate surface area is 134 Å². The van der Waals surface area contributed by atoms with Crippen molar-refractivity contribution in [2.45, 2.75) is 6.42 Å². The number of aromatic amines is 1. The fraction of sp³-hybridized carbons (Fsp3) is 0.143. The van der Waals surface area contributed by atoms with E-state index in [1.54, 1.807) is 11.7 Å². The zero-order valence-corrected chi connectivity index (χ0v) is 12.9. The Morgan fingerprint density at radius 1 is 1.23 bits per heavy atom. The maximum absolute atomic E-state index is 5.94. The number of aromatic nitrogens is 5. The predicted octanol–water partition coefficient (Wildman–Crippen LogP) is 3.27. The number of pyridine rings is 1. The summed E-state index contributed by atoms with van der Waals surface area (Å²) in [6.45, 7) is 0.712. The lowest BCUT2D eigenvalue weighted by molar-refractivity contribution is 1.01. The Hall–Kier alpha value is -2.25. The summed E-state index contributed by atoms with van der Waals surface area (Å²) in [5, 5.41) is 3.51. The molecule has 2 N–H and O–H groups in total. The molecule has 4 aromatic heterocycles. The number of thiazole rings is 1. The van der Waals surface area contributed by atoms with Gasteiger partial charge in [-0.1, -0.05) is 0 Å². The minimum atomic E-state index is 0.230. The number of hydrogen-bond acceptors (Lipinski definition) is 6. The largest absolute Gasteiger partial charge is 0.368 e. The van der Waals surface area contributed by atoms with E-state index in [0.29, 0.717) is 12.4 Å². The van der Waals surface area contributed by atoms with Gasteiger partial charge < -0.3 is 10.3 Å². The van der Waals surface area contributed by atoms with Crippen molar-refractivity contribution >= 4 is 50.1 Å². The zero-order chi connectivity index (χ0) is 14.9. The highest BCUT2D eigenvalue weighted by atomic mass is 35.5. The summed E-state index contributed by atoms with van der Waals surface area (Å²) < 4.78 is 0. The van der Waals surface area contributed by atoms with Crippen molar-refractivity contribution in [2.24, 2.45) is 0 Å². The smallest absolute Gasteiger partial charge is 0.225 e. The number of fused-ring (bicyclic) bond motifs is 2. The van der Waals surface area contributed by atoms with Crippen LogP contribution >= 0.6 is 22.9 Å². The molecule has 0 radical (unpaired) electrons. The molecular weight excluding hydrogens is 320 g/mol. The lowest BCUT2D eigenvalue weighted by atomic mass is 10.2. The molecule has 0 unspecified atom stereocenters. The van der Waals surface area contributed by atoms with Crippen LogP contribution in [-0.2, 0) is 6.42 Å². The predicted molar refractivity (Wildman–Crippen MR) is 88.5 cm³/mol. The first kappa shape index (κ1) is 13.4. The van der Waals surface area contributed by atoms with Crippen LogP contribution in [0.5, 0.6) is 0 Å². The fourth-order valence-corrected chi connectivity index (χ4v) is 3.25. The van der Waals surface area contributed by atoms with Crippen molar-refractivity contribution in [3.05, 3.63) is 40.9 Å². The Bertz CT molecular complexity index is 947. The molecule has 4 heterocycles. The van der Waals surface area contributed by atoms with Crippen molar-refractivity contribution in [1.29, 1.82) is 0 Å². The van der Waals surface area contributed by atoms with Crippen molar-refractivity contribution in [1.82, 2.24) is 24.9 Å². The molecule has 6 nitrogen and oxygen atoms in total. The number of anilines is 1. The topological polar surface area (TPSA) is 79.4 Å². The van der Waals surface area contributed by atoms with E-state index in [-0.39, 0.29) is 5.28 Å². The van der Waals surface area contributed by atoms with Crippen LogP contribution in [0.15, 0.2) is 30.0 Å². The fourth-order valence-electron chi connectivity index (χ4n) is 2.38. The van der Waals surface area contributed by atoms with Gasteiger partial charge in [0.15, 0.2) is 10.6 Å². The summed E-state index contributed by atoms with van der Waals surface area (Å²) in [5.41, 5.74) is 5.71. The molecule has 110 valence electrons. The van der Waals surface area contributed by atoms with E-state index in [0.717, 1.165) is 33.4 Å². The first-order chi connectivity index (χ1) is 10.8. The molecular formula is C14H11ClN6S. The van der Waals surface area contributed by atoms with Crippen molar-refractivity contribution in [3.8, 4) is 0 Å². The van der Waals surface area contributed by atoms with Gasteiger partial charge in [0, 0.05) is 18.9 Å². The Balaban J connectivity index is 1.54. The van der Waals surface area contributed by atoms with Crippen LogP contribution in [-0.4, -0.2) is 31.5 Å². The number of halogens is 1. The highest BCUT2D eigenvalue weighted by Gasteiger charge is 2.09. The SMILES string of the molecule is Clc1nc(NCCc2c[nH]c3cccnc23)c2ncsc2n1. The minimum absolute atomic E-state index is 0.230. The van der Waals surface area contributed by atoms with Gasteiger partial charge in [0.05, 0.1) is 16.5 Å². The average molecular weight is 331 g/mol. The highest BCUT2D eigenvalue weighted by Crippen LogP contribution is 2.24. The summed E-state index contributed by atoms with van der Waals surface area (Å²) >= 11 is 7.39. The molecule has 0 aliphatic heterocycles. The first-order valence-corrected chi connectivity index (χ1v) is 7.98. The highest BCUT2D eigenvalue weighted by molar-refractivity contribution is 7.16. The van der Waals surface area contributed by atoms with Crippen LogP contribution in [0.3, 0.4) is 0 Å². The normalized spacial score (nSPS) is 11.3. The van der Waals surface area contributed by atoms with Crippen LogP contribution in [0.25, 0.3) is 21.4 Å². The molecule has 0 spiro atoms. The summed E-state index contributed by atoms with van der Waals surface area (Å²) in [6.07, 6.45) is 4.62. The van der Waals surface area contributed by atoms with Gasteiger partial charge in [-0.25, -0.2) is 9.97 Å². The molecule has 0 aliphatic carbocycles. The number of nitrogens with zero attached hydrogens (tertiary/aromatic N) is 4. The Morgan fingerprint density at radius 3 is 3.14 bits per heavy atom. The number of H-pyrrole nitrogens is 1. The van der Waals surface area contributed by atoms with Gasteiger partial charge in [-0.15, -0.1) is 11.3 Å². The van der Waals surface area contributed by atoms with E-state index in [9.17, 15) is 0 Å². The number of hydrogen-bond donors (Lipinski definition) is 2. The molecule has 0 saturated carbocycles. The molecule has 4 rings (SSSR count). The first-order valence-electron chi connectivity index (χ1n) is 6.73. The van der Waals surface area contributed by atoms with Crippen LogP contribution < -0.4 is 5.32 Å². The van der Waals surface area contributed by atoms with E-state index in [1.807, 2.05) is 18.3 Å². The second-order valence-electron chi connectivity index (χ2n) is 4.74. The third-order valence-corrected chi connectivity index (χ3v) is 4.26. The number of rotatable bonds is 4. The molecule has 0 fully saturated rings. The second-order valence-corrected chi connectivity index (χ2v) is 5.91. The van der Waals surface area contributed by atoms with Gasteiger partial charge >= 0.3 is 0 Å². The second kappa shape index (κ2) is 5.51. The van der Waals surface area contributed by atoms with Gasteiger partial charge in [0.1, 0.15) is 5.52 Å². The molecule has 0 atom stereocenters. The minimum Gasteiger partial charge on any atom is -0.368 e. The third kappa shape index (κ3) is 2.38. The number of nitrogens with one attached hydrogen (secondary N) is 2. The van der Waals surface area contributed by atoms with Crippen LogP contribution in [0.1, 0.15) is 5.56 Å².